The number of aryl methyl sites for hydroxylation is 1. The molecule has 0 aliphatic carbocycles. The van der Waals surface area contributed by atoms with Crippen molar-refractivity contribution >= 4 is 22.8 Å². The third-order valence-corrected chi connectivity index (χ3v) is 3.97. The van der Waals surface area contributed by atoms with Crippen LogP contribution < -0.4 is 21.3 Å². The first-order chi connectivity index (χ1) is 12.4. The van der Waals surface area contributed by atoms with Gasteiger partial charge in [-0.25, -0.2) is 9.78 Å². The summed E-state index contributed by atoms with van der Waals surface area (Å²) >= 11 is 0. The van der Waals surface area contributed by atoms with Crippen LogP contribution in [0.3, 0.4) is 0 Å². The van der Waals surface area contributed by atoms with Gasteiger partial charge in [-0.2, -0.15) is 0 Å². The van der Waals surface area contributed by atoms with E-state index in [1.807, 2.05) is 6.92 Å². The molecule has 0 saturated carbocycles. The molecular formula is C17H19N5O4. The second-order valence-corrected chi connectivity index (χ2v) is 5.76. The van der Waals surface area contributed by atoms with Crippen LogP contribution in [0.5, 0.6) is 5.75 Å². The van der Waals surface area contributed by atoms with Crippen molar-refractivity contribution in [1.29, 1.82) is 0 Å². The highest BCUT2D eigenvalue weighted by molar-refractivity contribution is 5.91. The number of benzene rings is 1. The molecule has 0 bridgehead atoms. The second-order valence-electron chi connectivity index (χ2n) is 5.76. The van der Waals surface area contributed by atoms with E-state index in [2.05, 4.69) is 10.3 Å². The van der Waals surface area contributed by atoms with Gasteiger partial charge in [0.05, 0.1) is 12.9 Å². The Kier molecular flexibility index (Phi) is 4.61. The number of aromatic nitrogens is 4. The van der Waals surface area contributed by atoms with Gasteiger partial charge < -0.3 is 14.6 Å². The quantitative estimate of drug-likeness (QED) is 0.715. The Bertz CT molecular complexity index is 1080. The monoisotopic (exact) mass is 357 g/mol. The van der Waals surface area contributed by atoms with Crippen molar-refractivity contribution in [3.8, 4) is 5.75 Å². The molecule has 0 aliphatic heterocycles. The number of ether oxygens (including phenoxy) is 1. The summed E-state index contributed by atoms with van der Waals surface area (Å²) in [5.41, 5.74) is 0.0982. The minimum atomic E-state index is -0.492. The average molecular weight is 357 g/mol. The number of amides is 1. The third-order valence-electron chi connectivity index (χ3n) is 3.97. The van der Waals surface area contributed by atoms with E-state index in [4.69, 9.17) is 4.74 Å². The average Bonchev–Trinajstić information content (AvgIpc) is 3.03. The van der Waals surface area contributed by atoms with Gasteiger partial charge >= 0.3 is 5.69 Å². The van der Waals surface area contributed by atoms with Gasteiger partial charge in [-0.3, -0.25) is 18.7 Å². The Hall–Kier alpha value is -3.36. The molecule has 0 aliphatic rings. The van der Waals surface area contributed by atoms with Gasteiger partial charge in [0, 0.05) is 19.8 Å². The summed E-state index contributed by atoms with van der Waals surface area (Å²) in [6.45, 7) is 2.38. The molecule has 1 N–H and O–H groups in total. The Morgan fingerprint density at radius 3 is 2.50 bits per heavy atom. The largest absolute Gasteiger partial charge is 0.494 e. The summed E-state index contributed by atoms with van der Waals surface area (Å²) in [4.78, 5) is 40.6. The lowest BCUT2D eigenvalue weighted by Gasteiger charge is -2.10. The van der Waals surface area contributed by atoms with Crippen molar-refractivity contribution in [3.05, 3.63) is 51.4 Å². The third kappa shape index (κ3) is 3.10. The lowest BCUT2D eigenvalue weighted by atomic mass is 10.3. The van der Waals surface area contributed by atoms with Gasteiger partial charge in [0.1, 0.15) is 17.9 Å². The van der Waals surface area contributed by atoms with Crippen molar-refractivity contribution in [3.63, 3.8) is 0 Å². The molecule has 0 atom stereocenters. The van der Waals surface area contributed by atoms with E-state index in [1.54, 1.807) is 24.3 Å². The summed E-state index contributed by atoms with van der Waals surface area (Å²) in [6.07, 6.45) is 1.38. The van der Waals surface area contributed by atoms with E-state index in [0.29, 0.717) is 17.9 Å². The molecule has 26 heavy (non-hydrogen) atoms. The van der Waals surface area contributed by atoms with E-state index in [1.165, 1.54) is 29.6 Å². The summed E-state index contributed by atoms with van der Waals surface area (Å²) < 4.78 is 9.11. The minimum Gasteiger partial charge on any atom is -0.494 e. The molecule has 2 aromatic heterocycles. The van der Waals surface area contributed by atoms with E-state index in [-0.39, 0.29) is 18.0 Å². The molecule has 9 heteroatoms. The van der Waals surface area contributed by atoms with Crippen LogP contribution in [0.25, 0.3) is 11.2 Å². The minimum absolute atomic E-state index is 0.0792. The van der Waals surface area contributed by atoms with Crippen LogP contribution in [-0.2, 0) is 25.4 Å². The zero-order valence-electron chi connectivity index (χ0n) is 14.7. The zero-order valence-corrected chi connectivity index (χ0v) is 14.7. The molecule has 136 valence electrons. The molecule has 3 aromatic rings. The van der Waals surface area contributed by atoms with Crippen LogP contribution in [0.15, 0.2) is 40.2 Å². The number of fused-ring (bicyclic) bond motifs is 1. The molecule has 0 radical (unpaired) electrons. The predicted molar refractivity (Wildman–Crippen MR) is 96.5 cm³/mol. The first kappa shape index (κ1) is 17.5. The maximum atomic E-state index is 12.3. The maximum Gasteiger partial charge on any atom is 0.332 e. The first-order valence-corrected chi connectivity index (χ1v) is 8.06. The van der Waals surface area contributed by atoms with Crippen molar-refractivity contribution in [2.45, 2.75) is 13.5 Å². The van der Waals surface area contributed by atoms with Crippen molar-refractivity contribution in [2.24, 2.45) is 14.1 Å². The molecular weight excluding hydrogens is 338 g/mol. The number of carbonyl (C=O) groups excluding carboxylic acids is 1. The van der Waals surface area contributed by atoms with E-state index in [0.717, 1.165) is 10.3 Å². The number of rotatable bonds is 5. The number of carbonyl (C=O) groups is 1. The molecule has 1 amide bonds. The maximum absolute atomic E-state index is 12.3. The van der Waals surface area contributed by atoms with Crippen LogP contribution in [-0.4, -0.2) is 31.2 Å². The summed E-state index contributed by atoms with van der Waals surface area (Å²) in [5, 5.41) is 2.76. The number of nitrogens with one attached hydrogen (secondary N) is 1. The number of anilines is 1. The summed E-state index contributed by atoms with van der Waals surface area (Å²) in [6, 6.07) is 7.00. The molecule has 2 heterocycles. The number of nitrogens with zero attached hydrogens (tertiary/aromatic N) is 4. The van der Waals surface area contributed by atoms with Crippen LogP contribution in [0, 0.1) is 0 Å². The van der Waals surface area contributed by atoms with Crippen molar-refractivity contribution in [1.82, 2.24) is 18.7 Å². The summed E-state index contributed by atoms with van der Waals surface area (Å²) in [5.74, 6) is 0.415. The van der Waals surface area contributed by atoms with Gasteiger partial charge in [0.2, 0.25) is 5.91 Å². The zero-order chi connectivity index (χ0) is 18.8. The van der Waals surface area contributed by atoms with E-state index >= 15 is 0 Å². The number of hydrogen-bond acceptors (Lipinski definition) is 5. The van der Waals surface area contributed by atoms with Crippen LogP contribution in [0.2, 0.25) is 0 Å². The topological polar surface area (TPSA) is 100 Å². The molecule has 0 fully saturated rings. The SMILES string of the molecule is CCOc1ccc(NC(=O)Cn2cnc3c(=O)n(C)c(=O)n(C)c32)cc1. The standard InChI is InChI=1S/C17H19N5O4/c1-4-26-12-7-5-11(6-8-12)19-13(23)9-22-10-18-14-15(22)20(2)17(25)21(3)16(14)24/h5-8,10H,4,9H2,1-3H3,(H,19,23). The van der Waals surface area contributed by atoms with E-state index < -0.39 is 11.2 Å². The molecule has 0 unspecified atom stereocenters. The fourth-order valence-electron chi connectivity index (χ4n) is 2.71. The Morgan fingerprint density at radius 1 is 1.15 bits per heavy atom. The van der Waals surface area contributed by atoms with Crippen LogP contribution in [0.1, 0.15) is 6.92 Å². The van der Waals surface area contributed by atoms with Crippen LogP contribution in [0.4, 0.5) is 5.69 Å². The van der Waals surface area contributed by atoms with Gasteiger partial charge in [0.15, 0.2) is 5.52 Å². The molecule has 0 saturated heterocycles. The van der Waals surface area contributed by atoms with Crippen molar-refractivity contribution in [2.75, 3.05) is 11.9 Å². The smallest absolute Gasteiger partial charge is 0.332 e. The van der Waals surface area contributed by atoms with Crippen molar-refractivity contribution < 1.29 is 9.53 Å². The van der Waals surface area contributed by atoms with Crippen LogP contribution >= 0.6 is 0 Å². The number of imidazole rings is 1. The molecule has 3 rings (SSSR count). The Morgan fingerprint density at radius 2 is 1.85 bits per heavy atom. The highest BCUT2D eigenvalue weighted by atomic mass is 16.5. The number of hydrogen-bond donors (Lipinski definition) is 1. The second kappa shape index (κ2) is 6.87. The fourth-order valence-corrected chi connectivity index (χ4v) is 2.71. The fraction of sp³-hybridized carbons (Fsp3) is 0.294. The normalized spacial score (nSPS) is 10.9. The Labute approximate surface area is 148 Å². The first-order valence-electron chi connectivity index (χ1n) is 8.06. The van der Waals surface area contributed by atoms with Gasteiger partial charge in [-0.1, -0.05) is 0 Å². The lowest BCUT2D eigenvalue weighted by molar-refractivity contribution is -0.116. The highest BCUT2D eigenvalue weighted by Crippen LogP contribution is 2.16. The molecule has 1 aromatic carbocycles. The van der Waals surface area contributed by atoms with Gasteiger partial charge in [0.25, 0.3) is 5.56 Å². The molecule has 9 nitrogen and oxygen atoms in total. The summed E-state index contributed by atoms with van der Waals surface area (Å²) in [7, 11) is 2.92. The predicted octanol–water partition coefficient (Wildman–Crippen LogP) is 0.471. The van der Waals surface area contributed by atoms with Gasteiger partial charge in [-0.15, -0.1) is 0 Å². The lowest BCUT2D eigenvalue weighted by Crippen LogP contribution is -2.37. The highest BCUT2D eigenvalue weighted by Gasteiger charge is 2.15. The van der Waals surface area contributed by atoms with E-state index in [9.17, 15) is 14.4 Å². The molecule has 0 spiro atoms. The van der Waals surface area contributed by atoms with Gasteiger partial charge in [-0.05, 0) is 31.2 Å². The Balaban J connectivity index is 1.84.